The van der Waals surface area contributed by atoms with Crippen LogP contribution in [0.2, 0.25) is 0 Å². The molecule has 1 aliphatic rings. The summed E-state index contributed by atoms with van der Waals surface area (Å²) in [7, 11) is -3.67. The molecule has 0 unspecified atom stereocenters. The molecule has 2 N–H and O–H groups in total. The van der Waals surface area contributed by atoms with E-state index in [1.54, 1.807) is 18.2 Å². The fourth-order valence-electron chi connectivity index (χ4n) is 1.58. The van der Waals surface area contributed by atoms with Crippen LogP contribution in [-0.4, -0.2) is 25.0 Å². The lowest BCUT2D eigenvalue weighted by Gasteiger charge is -2.10. The third kappa shape index (κ3) is 2.79. The zero-order valence-electron chi connectivity index (χ0n) is 10.1. The van der Waals surface area contributed by atoms with Gasteiger partial charge in [-0.15, -0.1) is 4.40 Å². The Labute approximate surface area is 119 Å². The van der Waals surface area contributed by atoms with Crippen molar-refractivity contribution < 1.29 is 13.2 Å². The molecule has 0 fully saturated rings. The van der Waals surface area contributed by atoms with Gasteiger partial charge in [0.1, 0.15) is 4.90 Å². The van der Waals surface area contributed by atoms with Crippen LogP contribution >= 0.6 is 15.9 Å². The van der Waals surface area contributed by atoms with Crippen molar-refractivity contribution in [2.75, 3.05) is 0 Å². The maximum absolute atomic E-state index is 11.7. The first-order valence-electron chi connectivity index (χ1n) is 5.60. The first-order valence-corrected chi connectivity index (χ1v) is 7.95. The van der Waals surface area contributed by atoms with Crippen LogP contribution in [0.15, 0.2) is 33.6 Å². The standard InChI is InChI=1S/C11H12BrN3O3S/c1-2-8(12)11(16)14-13-10-7-5-3-4-6-9(7)19(17,18)15-10/h3-6,8H,2H2,1H3,(H,13,15)(H,14,16)/t8-/m1/s1. The number of halogens is 1. The van der Waals surface area contributed by atoms with Crippen LogP contribution in [-0.2, 0) is 14.8 Å². The lowest BCUT2D eigenvalue weighted by atomic mass is 10.2. The maximum atomic E-state index is 11.7. The highest BCUT2D eigenvalue weighted by molar-refractivity contribution is 9.10. The molecule has 6 nitrogen and oxygen atoms in total. The molecular weight excluding hydrogens is 334 g/mol. The van der Waals surface area contributed by atoms with Crippen LogP contribution in [0.5, 0.6) is 0 Å². The first kappa shape index (κ1) is 14.0. The summed E-state index contributed by atoms with van der Waals surface area (Å²) in [6.07, 6.45) is 0.620. The molecule has 1 aromatic carbocycles. The molecule has 0 saturated heterocycles. The van der Waals surface area contributed by atoms with Gasteiger partial charge in [-0.3, -0.25) is 15.6 Å². The Morgan fingerprint density at radius 3 is 2.79 bits per heavy atom. The van der Waals surface area contributed by atoms with Crippen LogP contribution in [0.25, 0.3) is 0 Å². The summed E-state index contributed by atoms with van der Waals surface area (Å²) >= 11 is 3.20. The number of alkyl halides is 1. The average Bonchev–Trinajstić information content (AvgIpc) is 2.67. The minimum atomic E-state index is -3.67. The predicted octanol–water partition coefficient (Wildman–Crippen LogP) is 0.930. The normalized spacial score (nSPS) is 17.3. The van der Waals surface area contributed by atoms with Crippen LogP contribution < -0.4 is 10.9 Å². The van der Waals surface area contributed by atoms with Gasteiger partial charge in [-0.05, 0) is 18.6 Å². The number of hydrogen-bond donors (Lipinski definition) is 2. The van der Waals surface area contributed by atoms with Gasteiger partial charge in [0.2, 0.25) is 0 Å². The minimum absolute atomic E-state index is 0.125. The number of carbonyl (C=O) groups is 1. The van der Waals surface area contributed by atoms with E-state index < -0.39 is 10.0 Å². The van der Waals surface area contributed by atoms with Gasteiger partial charge in [-0.25, -0.2) is 0 Å². The molecular formula is C11H12BrN3O3S. The second-order valence-electron chi connectivity index (χ2n) is 3.90. The zero-order valence-corrected chi connectivity index (χ0v) is 12.5. The Hall–Kier alpha value is -1.41. The average molecular weight is 346 g/mol. The fraction of sp³-hybridized carbons (Fsp3) is 0.273. The van der Waals surface area contributed by atoms with E-state index >= 15 is 0 Å². The van der Waals surface area contributed by atoms with Gasteiger partial charge in [-0.2, -0.15) is 8.42 Å². The number of amidine groups is 1. The maximum Gasteiger partial charge on any atom is 0.285 e. The lowest BCUT2D eigenvalue weighted by molar-refractivity contribution is -0.121. The van der Waals surface area contributed by atoms with Crippen molar-refractivity contribution in [3.05, 3.63) is 29.8 Å². The summed E-state index contributed by atoms with van der Waals surface area (Å²) in [6.45, 7) is 1.85. The molecule has 0 aliphatic carbocycles. The highest BCUT2D eigenvalue weighted by atomic mass is 79.9. The predicted molar refractivity (Wildman–Crippen MR) is 74.4 cm³/mol. The molecule has 0 saturated carbocycles. The van der Waals surface area contributed by atoms with E-state index in [4.69, 9.17) is 0 Å². The molecule has 19 heavy (non-hydrogen) atoms. The van der Waals surface area contributed by atoms with E-state index in [0.29, 0.717) is 12.0 Å². The van der Waals surface area contributed by atoms with Crippen molar-refractivity contribution in [3.8, 4) is 0 Å². The molecule has 102 valence electrons. The van der Waals surface area contributed by atoms with Gasteiger partial charge in [-0.1, -0.05) is 35.0 Å². The summed E-state index contributed by atoms with van der Waals surface area (Å²) in [5.74, 6) is -0.160. The Bertz CT molecular complexity index is 642. The molecule has 1 amide bonds. The highest BCUT2D eigenvalue weighted by Gasteiger charge is 2.28. The van der Waals surface area contributed by atoms with E-state index in [-0.39, 0.29) is 21.5 Å². The van der Waals surface area contributed by atoms with E-state index in [2.05, 4.69) is 31.2 Å². The number of nitrogens with one attached hydrogen (secondary N) is 2. The smallest absolute Gasteiger partial charge is 0.281 e. The molecule has 1 atom stereocenters. The van der Waals surface area contributed by atoms with Gasteiger partial charge >= 0.3 is 0 Å². The largest absolute Gasteiger partial charge is 0.285 e. The lowest BCUT2D eigenvalue weighted by Crippen LogP contribution is -2.44. The summed E-state index contributed by atoms with van der Waals surface area (Å²) in [5, 5.41) is 0. The second kappa shape index (κ2) is 5.30. The van der Waals surface area contributed by atoms with Crippen LogP contribution in [0.3, 0.4) is 0 Å². The van der Waals surface area contributed by atoms with Crippen molar-refractivity contribution in [2.24, 2.45) is 4.40 Å². The number of hydrazine groups is 1. The second-order valence-corrected chi connectivity index (χ2v) is 6.58. The van der Waals surface area contributed by atoms with Crippen molar-refractivity contribution in [1.82, 2.24) is 10.9 Å². The van der Waals surface area contributed by atoms with E-state index in [0.717, 1.165) is 0 Å². The van der Waals surface area contributed by atoms with E-state index in [1.807, 2.05) is 6.92 Å². The molecule has 8 heteroatoms. The molecule has 1 aromatic rings. The Morgan fingerprint density at radius 2 is 2.11 bits per heavy atom. The van der Waals surface area contributed by atoms with E-state index in [1.165, 1.54) is 6.07 Å². The Kier molecular flexibility index (Phi) is 3.91. The third-order valence-corrected chi connectivity index (χ3v) is 4.98. The summed E-state index contributed by atoms with van der Waals surface area (Å²) in [4.78, 5) is 11.4. The fourth-order valence-corrected chi connectivity index (χ4v) is 2.87. The molecule has 0 aromatic heterocycles. The number of benzene rings is 1. The molecule has 0 bridgehead atoms. The number of rotatable bonds is 2. The van der Waals surface area contributed by atoms with Crippen molar-refractivity contribution in [2.45, 2.75) is 23.1 Å². The first-order chi connectivity index (χ1) is 8.95. The van der Waals surface area contributed by atoms with Crippen molar-refractivity contribution in [3.63, 3.8) is 0 Å². The number of fused-ring (bicyclic) bond motifs is 1. The van der Waals surface area contributed by atoms with Crippen LogP contribution in [0.1, 0.15) is 18.9 Å². The van der Waals surface area contributed by atoms with Gasteiger partial charge in [0.05, 0.1) is 4.83 Å². The highest BCUT2D eigenvalue weighted by Crippen LogP contribution is 2.24. The van der Waals surface area contributed by atoms with E-state index in [9.17, 15) is 13.2 Å². The number of nitrogens with zero attached hydrogens (tertiary/aromatic N) is 1. The Morgan fingerprint density at radius 1 is 1.42 bits per heavy atom. The zero-order chi connectivity index (χ0) is 14.0. The summed E-state index contributed by atoms with van der Waals surface area (Å²) in [6, 6.07) is 6.43. The molecule has 2 rings (SSSR count). The number of carbonyl (C=O) groups excluding carboxylic acids is 1. The minimum Gasteiger partial charge on any atom is -0.281 e. The monoisotopic (exact) mass is 345 g/mol. The third-order valence-electron chi connectivity index (χ3n) is 2.58. The molecule has 0 radical (unpaired) electrons. The SMILES string of the molecule is CC[C@@H](Br)C(=O)NNC1=NS(=O)(=O)c2ccccc21. The molecule has 1 heterocycles. The van der Waals surface area contributed by atoms with Gasteiger partial charge in [0.15, 0.2) is 5.84 Å². The quantitative estimate of drug-likeness (QED) is 0.616. The number of sulfonamides is 1. The Balaban J connectivity index is 2.18. The molecule has 0 spiro atoms. The molecule has 1 aliphatic heterocycles. The van der Waals surface area contributed by atoms with Crippen molar-refractivity contribution in [1.29, 1.82) is 0 Å². The number of amides is 1. The topological polar surface area (TPSA) is 87.6 Å². The van der Waals surface area contributed by atoms with Gasteiger partial charge < -0.3 is 0 Å². The summed E-state index contributed by atoms with van der Waals surface area (Å²) < 4.78 is 27.1. The van der Waals surface area contributed by atoms with Gasteiger partial charge in [0.25, 0.3) is 15.9 Å². The summed E-state index contributed by atoms with van der Waals surface area (Å²) in [5.41, 5.74) is 5.42. The van der Waals surface area contributed by atoms with Crippen molar-refractivity contribution >= 4 is 37.7 Å². The number of hydrogen-bond acceptors (Lipinski definition) is 4. The van der Waals surface area contributed by atoms with Gasteiger partial charge in [0, 0.05) is 5.56 Å². The van der Waals surface area contributed by atoms with Crippen LogP contribution in [0.4, 0.5) is 0 Å². The van der Waals surface area contributed by atoms with Crippen LogP contribution in [0, 0.1) is 0 Å².